The zero-order valence-corrected chi connectivity index (χ0v) is 23.4. The van der Waals surface area contributed by atoms with Gasteiger partial charge in [-0.05, 0) is 106 Å². The SMILES string of the molecule is Cc1cc([C@H]2C3=CC[C@@H]4C(=O)N(c5ccc(I)cc5)C(=O)[C@@H]4[C@@H]3CC3=C2C(=O)C=C(Br)C3=O)ccc1O. The van der Waals surface area contributed by atoms with Gasteiger partial charge in [0.25, 0.3) is 0 Å². The molecule has 1 N–H and O–H groups in total. The summed E-state index contributed by atoms with van der Waals surface area (Å²) in [7, 11) is 0. The first-order chi connectivity index (χ1) is 17.7. The summed E-state index contributed by atoms with van der Waals surface area (Å²) in [6.45, 7) is 1.78. The molecule has 0 saturated carbocycles. The normalized spacial score (nSPS) is 27.1. The van der Waals surface area contributed by atoms with Crippen molar-refractivity contribution in [3.8, 4) is 5.75 Å². The standard InChI is InChI=1S/C29H21BrINO5/c1-13-10-14(2-9-22(13)33)24-17-7-8-18-25(19(17)11-20-26(24)23(34)12-21(30)27(20)35)29(37)32(28(18)36)16-5-3-15(31)4-6-16/h2-7,9-10,12,18-19,24-25,33H,8,11H2,1H3/t18-,19+,24-,25-/m0/s1. The van der Waals surface area contributed by atoms with Gasteiger partial charge >= 0.3 is 0 Å². The Labute approximate surface area is 235 Å². The number of phenolic OH excluding ortho intramolecular Hbond substituents is 1. The number of amides is 2. The highest BCUT2D eigenvalue weighted by Crippen LogP contribution is 2.55. The third-order valence-corrected chi connectivity index (χ3v) is 9.28. The van der Waals surface area contributed by atoms with Crippen LogP contribution in [-0.2, 0) is 19.2 Å². The molecule has 6 rings (SSSR count). The molecule has 186 valence electrons. The molecule has 3 aliphatic carbocycles. The maximum absolute atomic E-state index is 13.9. The average molecular weight is 670 g/mol. The van der Waals surface area contributed by atoms with Gasteiger partial charge in [0.05, 0.1) is 22.0 Å². The summed E-state index contributed by atoms with van der Waals surface area (Å²) in [5.74, 6) is -2.91. The van der Waals surface area contributed by atoms with Crippen molar-refractivity contribution in [2.24, 2.45) is 17.8 Å². The lowest BCUT2D eigenvalue weighted by molar-refractivity contribution is -0.123. The Kier molecular flexibility index (Phi) is 5.87. The number of anilines is 1. The number of fused-ring (bicyclic) bond motifs is 3. The lowest BCUT2D eigenvalue weighted by Gasteiger charge is -2.42. The topological polar surface area (TPSA) is 91.8 Å². The first kappa shape index (κ1) is 24.5. The fraction of sp³-hybridized carbons (Fsp3) is 0.241. The monoisotopic (exact) mass is 669 g/mol. The van der Waals surface area contributed by atoms with Crippen molar-refractivity contribution in [1.82, 2.24) is 0 Å². The van der Waals surface area contributed by atoms with Crippen LogP contribution < -0.4 is 4.90 Å². The lowest BCUT2D eigenvalue weighted by atomic mass is 9.59. The maximum atomic E-state index is 13.9. The number of aryl methyl sites for hydroxylation is 1. The number of carbonyl (C=O) groups excluding carboxylic acids is 4. The highest BCUT2D eigenvalue weighted by atomic mass is 127. The average Bonchev–Trinajstić information content (AvgIpc) is 3.13. The van der Waals surface area contributed by atoms with E-state index in [-0.39, 0.29) is 40.0 Å². The highest BCUT2D eigenvalue weighted by molar-refractivity contribution is 14.1. The van der Waals surface area contributed by atoms with Gasteiger partial charge in [-0.25, -0.2) is 0 Å². The van der Waals surface area contributed by atoms with Crippen molar-refractivity contribution in [2.45, 2.75) is 25.7 Å². The fourth-order valence-electron chi connectivity index (χ4n) is 6.29. The van der Waals surface area contributed by atoms with Gasteiger partial charge in [-0.3, -0.25) is 24.1 Å². The lowest BCUT2D eigenvalue weighted by Crippen LogP contribution is -2.39. The number of hydrogen-bond donors (Lipinski definition) is 1. The van der Waals surface area contributed by atoms with Crippen LogP contribution in [0.3, 0.4) is 0 Å². The summed E-state index contributed by atoms with van der Waals surface area (Å²) < 4.78 is 1.20. The van der Waals surface area contributed by atoms with Crippen molar-refractivity contribution in [1.29, 1.82) is 0 Å². The van der Waals surface area contributed by atoms with E-state index in [1.54, 1.807) is 31.2 Å². The van der Waals surface area contributed by atoms with E-state index in [0.717, 1.165) is 14.7 Å². The number of imide groups is 1. The summed E-state index contributed by atoms with van der Waals surface area (Å²) >= 11 is 5.42. The Bertz CT molecular complexity index is 1520. The Morgan fingerprint density at radius 1 is 1.00 bits per heavy atom. The molecular weight excluding hydrogens is 649 g/mol. The van der Waals surface area contributed by atoms with Gasteiger partial charge in [0.2, 0.25) is 11.8 Å². The Morgan fingerprint density at radius 3 is 2.43 bits per heavy atom. The molecule has 2 aromatic rings. The molecule has 6 nitrogen and oxygen atoms in total. The van der Waals surface area contributed by atoms with Crippen LogP contribution in [0.5, 0.6) is 5.75 Å². The number of aromatic hydroxyl groups is 1. The minimum absolute atomic E-state index is 0.140. The van der Waals surface area contributed by atoms with Crippen molar-refractivity contribution in [2.75, 3.05) is 4.90 Å². The molecule has 8 heteroatoms. The van der Waals surface area contributed by atoms with Crippen molar-refractivity contribution in [3.05, 3.63) is 90.5 Å². The molecule has 0 unspecified atom stereocenters. The molecular formula is C29H21BrINO5. The quantitative estimate of drug-likeness (QED) is 0.204. The minimum atomic E-state index is -0.617. The van der Waals surface area contributed by atoms with Gasteiger partial charge in [0, 0.05) is 26.7 Å². The number of hydrogen-bond acceptors (Lipinski definition) is 5. The molecule has 1 fully saturated rings. The first-order valence-electron chi connectivity index (χ1n) is 12.0. The zero-order valence-electron chi connectivity index (χ0n) is 19.7. The van der Waals surface area contributed by atoms with E-state index in [9.17, 15) is 24.3 Å². The largest absolute Gasteiger partial charge is 0.508 e. The molecule has 1 saturated heterocycles. The molecule has 2 amide bonds. The Balaban J connectivity index is 1.49. The van der Waals surface area contributed by atoms with Crippen LogP contribution in [0.15, 0.2) is 75.8 Å². The number of carbonyl (C=O) groups is 4. The number of nitrogens with zero attached hydrogens (tertiary/aromatic N) is 1. The summed E-state index contributed by atoms with van der Waals surface area (Å²) in [4.78, 5) is 55.2. The summed E-state index contributed by atoms with van der Waals surface area (Å²) in [5, 5.41) is 10.1. The van der Waals surface area contributed by atoms with Crippen LogP contribution in [-0.4, -0.2) is 28.5 Å². The molecule has 0 spiro atoms. The van der Waals surface area contributed by atoms with Crippen molar-refractivity contribution < 1.29 is 24.3 Å². The van der Waals surface area contributed by atoms with Gasteiger partial charge < -0.3 is 5.11 Å². The van der Waals surface area contributed by atoms with E-state index in [2.05, 4.69) is 38.5 Å². The molecule has 4 atom stereocenters. The number of allylic oxidation sites excluding steroid dienone is 6. The van der Waals surface area contributed by atoms with Crippen LogP contribution in [0.2, 0.25) is 0 Å². The molecule has 2 aromatic carbocycles. The summed E-state index contributed by atoms with van der Waals surface area (Å²) in [6.07, 6.45) is 3.93. The predicted octanol–water partition coefficient (Wildman–Crippen LogP) is 5.27. The van der Waals surface area contributed by atoms with Crippen LogP contribution in [0.4, 0.5) is 5.69 Å². The van der Waals surface area contributed by atoms with E-state index in [0.29, 0.717) is 28.8 Å². The fourth-order valence-corrected chi connectivity index (χ4v) is 7.10. The minimum Gasteiger partial charge on any atom is -0.508 e. The molecule has 4 aliphatic rings. The smallest absolute Gasteiger partial charge is 0.238 e. The highest BCUT2D eigenvalue weighted by Gasteiger charge is 2.56. The third kappa shape index (κ3) is 3.71. The van der Waals surface area contributed by atoms with Gasteiger partial charge in [-0.1, -0.05) is 23.8 Å². The Morgan fingerprint density at radius 2 is 1.73 bits per heavy atom. The summed E-state index contributed by atoms with van der Waals surface area (Å²) in [6, 6.07) is 12.4. The van der Waals surface area contributed by atoms with Crippen LogP contribution in [0.1, 0.15) is 29.9 Å². The predicted molar refractivity (Wildman–Crippen MR) is 149 cm³/mol. The molecule has 0 aromatic heterocycles. The molecule has 0 bridgehead atoms. The zero-order chi connectivity index (χ0) is 26.2. The number of rotatable bonds is 2. The van der Waals surface area contributed by atoms with Gasteiger partial charge in [-0.2, -0.15) is 0 Å². The van der Waals surface area contributed by atoms with E-state index in [1.165, 1.54) is 11.0 Å². The van der Waals surface area contributed by atoms with Crippen molar-refractivity contribution in [3.63, 3.8) is 0 Å². The van der Waals surface area contributed by atoms with Crippen molar-refractivity contribution >= 4 is 67.6 Å². The second-order valence-corrected chi connectivity index (χ2v) is 12.0. The second kappa shape index (κ2) is 8.87. The molecule has 1 heterocycles. The van der Waals surface area contributed by atoms with Crippen LogP contribution in [0.25, 0.3) is 0 Å². The number of halogens is 2. The third-order valence-electron chi connectivity index (χ3n) is 7.97. The van der Waals surface area contributed by atoms with E-state index >= 15 is 0 Å². The summed E-state index contributed by atoms with van der Waals surface area (Å²) in [5.41, 5.74) is 3.68. The first-order valence-corrected chi connectivity index (χ1v) is 13.9. The van der Waals surface area contributed by atoms with Gasteiger partial charge in [0.15, 0.2) is 11.6 Å². The molecule has 1 aliphatic heterocycles. The van der Waals surface area contributed by atoms with E-state index in [4.69, 9.17) is 0 Å². The number of Topliss-reactive ketones (excluding diaryl/α,β-unsaturated/α-hetero) is 1. The van der Waals surface area contributed by atoms with Crippen LogP contribution >= 0.6 is 38.5 Å². The van der Waals surface area contributed by atoms with E-state index in [1.807, 2.05) is 24.3 Å². The Hall–Kier alpha value is -2.85. The maximum Gasteiger partial charge on any atom is 0.238 e. The van der Waals surface area contributed by atoms with Gasteiger partial charge in [0.1, 0.15) is 5.75 Å². The second-order valence-electron chi connectivity index (χ2n) is 9.93. The number of phenols is 1. The van der Waals surface area contributed by atoms with Gasteiger partial charge in [-0.15, -0.1) is 0 Å². The number of ketones is 2. The number of benzene rings is 2. The van der Waals surface area contributed by atoms with Crippen LogP contribution in [0, 0.1) is 28.2 Å². The molecule has 37 heavy (non-hydrogen) atoms. The van der Waals surface area contributed by atoms with E-state index < -0.39 is 23.7 Å². The molecule has 0 radical (unpaired) electrons.